The fourth-order valence-electron chi connectivity index (χ4n) is 2.58. The first kappa shape index (κ1) is 29.7. The molecule has 0 amide bonds. The minimum atomic E-state index is 0. The van der Waals surface area contributed by atoms with Crippen LogP contribution in [-0.2, 0) is 25.8 Å². The third-order valence-electron chi connectivity index (χ3n) is 3.87. The Balaban J connectivity index is 0. The summed E-state index contributed by atoms with van der Waals surface area (Å²) in [7, 11) is 3.36. The van der Waals surface area contributed by atoms with Crippen LogP contribution < -0.4 is 5.19 Å². The Bertz CT molecular complexity index is 896. The van der Waals surface area contributed by atoms with Gasteiger partial charge >= 0.3 is 0 Å². The van der Waals surface area contributed by atoms with E-state index in [1.165, 1.54) is 21.5 Å². The maximum Gasteiger partial charge on any atom is 0.0711 e. The van der Waals surface area contributed by atoms with E-state index in [2.05, 4.69) is 95.2 Å². The van der Waals surface area contributed by atoms with Crippen LogP contribution in [0.2, 0.25) is 0 Å². The number of hydrogen-bond acceptors (Lipinski definition) is 0. The van der Waals surface area contributed by atoms with Crippen LogP contribution in [0.3, 0.4) is 0 Å². The maximum atomic E-state index is 3.36. The maximum absolute atomic E-state index is 3.36. The molecule has 4 heteroatoms. The molecule has 0 N–H and O–H groups in total. The van der Waals surface area contributed by atoms with E-state index in [0.717, 1.165) is 5.19 Å². The molecule has 0 aromatic heterocycles. The summed E-state index contributed by atoms with van der Waals surface area (Å²) < 4.78 is 0. The summed E-state index contributed by atoms with van der Waals surface area (Å²) in [6, 6.07) is 39.3. The summed E-state index contributed by atoms with van der Waals surface area (Å²) in [6.07, 6.45) is 0. The summed E-state index contributed by atoms with van der Waals surface area (Å²) in [5, 5.41) is 6.45. The second-order valence-corrected chi connectivity index (χ2v) is 6.25. The van der Waals surface area contributed by atoms with E-state index in [-0.39, 0.29) is 58.1 Å². The van der Waals surface area contributed by atoms with Gasteiger partial charge in [0, 0.05) is 25.8 Å². The number of rotatable bonds is 0. The number of hydrogen-bond donors (Lipinski definition) is 0. The van der Waals surface area contributed by atoms with Gasteiger partial charge in [0.25, 0.3) is 0 Å². The van der Waals surface area contributed by atoms with Gasteiger partial charge in [0.1, 0.15) is 0 Å². The van der Waals surface area contributed by atoms with Crippen molar-refractivity contribution in [1.29, 1.82) is 0 Å². The van der Waals surface area contributed by atoms with E-state index in [1.807, 2.05) is 30.3 Å². The van der Waals surface area contributed by atoms with Crippen molar-refractivity contribution in [3.8, 4) is 0 Å². The minimum Gasteiger partial charge on any atom is -0.358 e. The third-order valence-corrected chi connectivity index (χ3v) is 4.20. The molecular weight excluding hydrogens is 578 g/mol. The number of benzene rings is 3. The zero-order valence-corrected chi connectivity index (χ0v) is 22.5. The molecule has 149 valence electrons. The van der Waals surface area contributed by atoms with Crippen LogP contribution >= 0.6 is 24.8 Å². The topological polar surface area (TPSA) is 0 Å². The summed E-state index contributed by atoms with van der Waals surface area (Å²) in [5.74, 6) is 0. The van der Waals surface area contributed by atoms with Crippen LogP contribution in [0.1, 0.15) is 0 Å². The molecule has 0 unspecified atom stereocenters. The van der Waals surface area contributed by atoms with Gasteiger partial charge in [-0.05, 0) is 0 Å². The Labute approximate surface area is 209 Å². The molecule has 0 fully saturated rings. The zero-order chi connectivity index (χ0) is 17.3. The van der Waals surface area contributed by atoms with E-state index < -0.39 is 0 Å². The van der Waals surface area contributed by atoms with Crippen molar-refractivity contribution in [3.63, 3.8) is 0 Å². The Kier molecular flexibility index (Phi) is 16.8. The molecule has 5 aromatic rings. The van der Waals surface area contributed by atoms with Gasteiger partial charge in [0.05, 0.1) is 10.2 Å². The monoisotopic (exact) mass is 602 g/mol. The molecule has 0 bridgehead atoms. The van der Waals surface area contributed by atoms with E-state index in [0.29, 0.717) is 0 Å². The standard InChI is InChI=1S/2C9H7.C6H5Si.CH3.2ClH.Hf/c2*1-2-5-9-7-3-6-8(9)4-1;7-6-4-2-1-3-5-6;;;;/h2*1-7H;1-5H;1H3;2*1H;/q2*-1;;-1;;;. The molecule has 0 aliphatic heterocycles. The minimum absolute atomic E-state index is 0. The van der Waals surface area contributed by atoms with Gasteiger partial charge in [-0.2, -0.15) is 35.0 Å². The fourth-order valence-corrected chi connectivity index (χ4v) is 2.77. The molecule has 0 saturated carbocycles. The number of fused-ring (bicyclic) bond motifs is 2. The van der Waals surface area contributed by atoms with Crippen molar-refractivity contribution in [2.45, 2.75) is 0 Å². The second-order valence-electron chi connectivity index (χ2n) is 5.68. The molecule has 5 aromatic carbocycles. The first-order valence-electron chi connectivity index (χ1n) is 8.30. The van der Waals surface area contributed by atoms with Gasteiger partial charge < -0.3 is 7.43 Å². The first-order chi connectivity index (χ1) is 12.3. The van der Waals surface area contributed by atoms with Crippen LogP contribution in [-0.4, -0.2) is 10.2 Å². The van der Waals surface area contributed by atoms with Crippen molar-refractivity contribution >= 4 is 61.8 Å². The molecule has 0 aliphatic rings. The predicted molar refractivity (Wildman–Crippen MR) is 132 cm³/mol. The van der Waals surface area contributed by atoms with Crippen molar-refractivity contribution in [3.05, 3.63) is 123 Å². The first-order valence-corrected chi connectivity index (χ1v) is 8.80. The van der Waals surface area contributed by atoms with Gasteiger partial charge in [-0.15, -0.1) is 84.1 Å². The Morgan fingerprint density at radius 3 is 1.24 bits per heavy atom. The van der Waals surface area contributed by atoms with Crippen LogP contribution in [0.4, 0.5) is 0 Å². The van der Waals surface area contributed by atoms with E-state index >= 15 is 0 Å². The molecule has 0 spiro atoms. The molecule has 5 rings (SSSR count). The van der Waals surface area contributed by atoms with Crippen molar-refractivity contribution < 1.29 is 25.8 Å². The van der Waals surface area contributed by atoms with E-state index in [1.54, 1.807) is 0 Å². The normalized spacial score (nSPS) is 8.45. The van der Waals surface area contributed by atoms with Gasteiger partial charge in [0.15, 0.2) is 0 Å². The van der Waals surface area contributed by atoms with Crippen LogP contribution in [0.5, 0.6) is 0 Å². The largest absolute Gasteiger partial charge is 0.358 e. The summed E-state index contributed by atoms with van der Waals surface area (Å²) in [6.45, 7) is 0. The zero-order valence-electron chi connectivity index (χ0n) is 16.3. The SMILES string of the molecule is Cl.Cl.[CH3-].[Hf].[Si]c1ccccc1.c1ccc2[cH-]ccc2c1.c1ccc2[cH-]ccc2c1. The van der Waals surface area contributed by atoms with Gasteiger partial charge in [0.2, 0.25) is 0 Å². The molecule has 0 aliphatic carbocycles. The average molecular weight is 602 g/mol. The van der Waals surface area contributed by atoms with Gasteiger partial charge in [-0.25, -0.2) is 0 Å². The van der Waals surface area contributed by atoms with Crippen LogP contribution in [0, 0.1) is 7.43 Å². The van der Waals surface area contributed by atoms with E-state index in [9.17, 15) is 0 Å². The van der Waals surface area contributed by atoms with Gasteiger partial charge in [-0.1, -0.05) is 47.7 Å². The Hall–Kier alpha value is -1.45. The predicted octanol–water partition coefficient (Wildman–Crippen LogP) is 6.89. The van der Waals surface area contributed by atoms with Crippen LogP contribution in [0.25, 0.3) is 21.5 Å². The molecule has 0 heterocycles. The molecular formula is C25H24Cl2HfSi-3. The summed E-state index contributed by atoms with van der Waals surface area (Å²) in [4.78, 5) is 0. The van der Waals surface area contributed by atoms with Crippen LogP contribution in [0.15, 0.2) is 115 Å². The molecule has 0 atom stereocenters. The molecule has 0 nitrogen and oxygen atoms in total. The van der Waals surface area contributed by atoms with Crippen molar-refractivity contribution in [2.24, 2.45) is 0 Å². The molecule has 3 radical (unpaired) electrons. The average Bonchev–Trinajstić information content (AvgIpc) is 3.32. The molecule has 0 saturated heterocycles. The Morgan fingerprint density at radius 2 is 0.897 bits per heavy atom. The van der Waals surface area contributed by atoms with Crippen molar-refractivity contribution in [2.75, 3.05) is 0 Å². The quantitative estimate of drug-likeness (QED) is 0.134. The second kappa shape index (κ2) is 16.4. The van der Waals surface area contributed by atoms with Gasteiger partial charge in [-0.3, -0.25) is 0 Å². The Morgan fingerprint density at radius 1 is 0.517 bits per heavy atom. The summed E-state index contributed by atoms with van der Waals surface area (Å²) in [5.41, 5.74) is 0. The number of halogens is 2. The fraction of sp³-hybridized carbons (Fsp3) is 0. The van der Waals surface area contributed by atoms with Crippen molar-refractivity contribution in [1.82, 2.24) is 0 Å². The van der Waals surface area contributed by atoms with E-state index in [4.69, 9.17) is 0 Å². The third kappa shape index (κ3) is 9.73. The molecule has 29 heavy (non-hydrogen) atoms. The smallest absolute Gasteiger partial charge is 0.0711 e. The summed E-state index contributed by atoms with van der Waals surface area (Å²) >= 11 is 0.